The summed E-state index contributed by atoms with van der Waals surface area (Å²) in [7, 11) is 0. The van der Waals surface area contributed by atoms with Crippen molar-refractivity contribution in [3.63, 3.8) is 0 Å². The third-order valence-electron chi connectivity index (χ3n) is 11.7. The zero-order chi connectivity index (χ0) is 33.9. The maximum Gasteiger partial charge on any atom is -0.00206 e. The van der Waals surface area contributed by atoms with E-state index in [0.29, 0.717) is 0 Å². The quantitative estimate of drug-likeness (QED) is 0.131. The van der Waals surface area contributed by atoms with Crippen LogP contribution in [0.5, 0.6) is 0 Å². The number of hydrogen-bond donors (Lipinski definition) is 0. The van der Waals surface area contributed by atoms with Crippen molar-refractivity contribution in [1.82, 2.24) is 0 Å². The van der Waals surface area contributed by atoms with Crippen LogP contribution in [0.4, 0.5) is 0 Å². The van der Waals surface area contributed by atoms with Gasteiger partial charge in [0, 0.05) is 0 Å². The molecule has 0 saturated carbocycles. The molecule has 0 bridgehead atoms. The fourth-order valence-electron chi connectivity index (χ4n) is 9.38. The summed E-state index contributed by atoms with van der Waals surface area (Å²) in [6, 6.07) is 68.4. The molecule has 0 unspecified atom stereocenters. The Bertz CT molecular complexity index is 3150. The van der Waals surface area contributed by atoms with E-state index in [1.165, 1.54) is 120 Å². The van der Waals surface area contributed by atoms with Gasteiger partial charge in [-0.15, -0.1) is 0 Å². The van der Waals surface area contributed by atoms with Gasteiger partial charge in [-0.1, -0.05) is 158 Å². The van der Waals surface area contributed by atoms with Crippen molar-refractivity contribution in [2.75, 3.05) is 0 Å². The van der Waals surface area contributed by atoms with Crippen LogP contribution in [0, 0.1) is 0 Å². The summed E-state index contributed by atoms with van der Waals surface area (Å²) >= 11 is 0. The summed E-state index contributed by atoms with van der Waals surface area (Å²) < 4.78 is 0. The number of fused-ring (bicyclic) bond motifs is 2. The van der Waals surface area contributed by atoms with E-state index in [4.69, 9.17) is 0 Å². The van der Waals surface area contributed by atoms with Gasteiger partial charge < -0.3 is 0 Å². The Hall–Kier alpha value is -6.76. The second kappa shape index (κ2) is 10.4. The second-order valence-electron chi connectivity index (χ2n) is 14.4. The molecule has 0 spiro atoms. The molecular weight excluding hydrogens is 625 g/mol. The molecule has 0 aliphatic heterocycles. The first-order chi connectivity index (χ1) is 25.8. The Morgan fingerprint density at radius 2 is 0.577 bits per heavy atom. The van der Waals surface area contributed by atoms with Crippen molar-refractivity contribution in [2.24, 2.45) is 0 Å². The second-order valence-corrected chi connectivity index (χ2v) is 14.4. The van der Waals surface area contributed by atoms with Crippen molar-refractivity contribution in [2.45, 2.75) is 0 Å². The van der Waals surface area contributed by atoms with Crippen molar-refractivity contribution >= 4 is 86.2 Å². The third-order valence-corrected chi connectivity index (χ3v) is 11.7. The molecule has 0 aliphatic rings. The molecule has 0 radical (unpaired) electrons. The summed E-state index contributed by atoms with van der Waals surface area (Å²) in [4.78, 5) is 0. The van der Waals surface area contributed by atoms with E-state index >= 15 is 0 Å². The molecule has 0 atom stereocenters. The van der Waals surface area contributed by atoms with Crippen LogP contribution < -0.4 is 0 Å². The normalized spacial score (nSPS) is 12.2. The van der Waals surface area contributed by atoms with E-state index in [1.54, 1.807) is 0 Å². The van der Waals surface area contributed by atoms with Crippen LogP contribution in [-0.2, 0) is 0 Å². The van der Waals surface area contributed by atoms with E-state index in [2.05, 4.69) is 182 Å². The summed E-state index contributed by atoms with van der Waals surface area (Å²) in [6.07, 6.45) is 0. The van der Waals surface area contributed by atoms with Crippen molar-refractivity contribution < 1.29 is 0 Å². The first-order valence-corrected chi connectivity index (χ1v) is 18.2. The molecule has 0 aliphatic carbocycles. The number of hydrogen-bond acceptors (Lipinski definition) is 0. The molecule has 0 saturated heterocycles. The van der Waals surface area contributed by atoms with E-state index < -0.39 is 0 Å². The minimum absolute atomic E-state index is 1.23. The Balaban J connectivity index is 1.22. The smallest absolute Gasteiger partial charge is 0.00206 e. The predicted octanol–water partition coefficient (Wildman–Crippen LogP) is 14.8. The first-order valence-electron chi connectivity index (χ1n) is 18.2. The minimum Gasteiger partial charge on any atom is -0.0616 e. The van der Waals surface area contributed by atoms with Crippen LogP contribution in [0.15, 0.2) is 182 Å². The highest BCUT2D eigenvalue weighted by atomic mass is 14.2. The highest BCUT2D eigenvalue weighted by Gasteiger charge is 2.18. The van der Waals surface area contributed by atoms with E-state index in [-0.39, 0.29) is 0 Å². The zero-order valence-electron chi connectivity index (χ0n) is 28.3. The Kier molecular flexibility index (Phi) is 5.59. The first kappa shape index (κ1) is 28.0. The minimum atomic E-state index is 1.23. The molecule has 12 rings (SSSR count). The fourth-order valence-corrected chi connectivity index (χ4v) is 9.38. The summed E-state index contributed by atoms with van der Waals surface area (Å²) in [5.41, 5.74) is 7.50. The van der Waals surface area contributed by atoms with Crippen LogP contribution in [0.3, 0.4) is 0 Å². The largest absolute Gasteiger partial charge is 0.0616 e. The Morgan fingerprint density at radius 3 is 1.06 bits per heavy atom. The van der Waals surface area contributed by atoms with Crippen LogP contribution >= 0.6 is 0 Å². The van der Waals surface area contributed by atoms with E-state index in [9.17, 15) is 0 Å². The number of rotatable bonds is 3. The van der Waals surface area contributed by atoms with Crippen molar-refractivity contribution in [3.05, 3.63) is 182 Å². The molecular formula is C52H30. The van der Waals surface area contributed by atoms with Gasteiger partial charge in [0.25, 0.3) is 0 Å². The van der Waals surface area contributed by atoms with E-state index in [1.807, 2.05) is 0 Å². The molecule has 0 N–H and O–H groups in total. The van der Waals surface area contributed by atoms with Gasteiger partial charge in [0.2, 0.25) is 0 Å². The lowest BCUT2D eigenvalue weighted by atomic mass is 9.84. The topological polar surface area (TPSA) is 0 Å². The molecule has 0 amide bonds. The standard InChI is InChI=1S/C52H30/c1-3-13-44-37(7-1)27-38-8-2-4-14-45(38)50(44)41-29-39(42-23-19-35-17-15-31-9-5-11-33-21-25-46(42)51(35)48(31)33)28-40(30-41)43-24-20-36-18-16-32-10-6-12-34-22-26-47(43)52(36)49(32)34/h1-30H. The fraction of sp³-hybridized carbons (Fsp3) is 0. The van der Waals surface area contributed by atoms with Gasteiger partial charge in [-0.25, -0.2) is 0 Å². The molecule has 0 fully saturated rings. The molecule has 238 valence electrons. The van der Waals surface area contributed by atoms with Gasteiger partial charge in [-0.3, -0.25) is 0 Å². The van der Waals surface area contributed by atoms with Crippen molar-refractivity contribution in [1.29, 1.82) is 0 Å². The predicted molar refractivity (Wildman–Crippen MR) is 225 cm³/mol. The van der Waals surface area contributed by atoms with Crippen molar-refractivity contribution in [3.8, 4) is 33.4 Å². The average molecular weight is 655 g/mol. The SMILES string of the molecule is c1ccc2c(-c3cc(-c4ccc5ccc6cccc7ccc4c5c67)cc(-c4ccc5ccc6cccc7ccc4c5c67)c3)c3ccccc3cc2c1. The highest BCUT2D eigenvalue weighted by Crippen LogP contribution is 2.46. The molecule has 12 aromatic rings. The lowest BCUT2D eigenvalue weighted by Crippen LogP contribution is -1.92. The summed E-state index contributed by atoms with van der Waals surface area (Å²) in [6.45, 7) is 0. The van der Waals surface area contributed by atoms with Gasteiger partial charge >= 0.3 is 0 Å². The Labute approximate surface area is 300 Å². The highest BCUT2D eigenvalue weighted by molar-refractivity contribution is 6.27. The van der Waals surface area contributed by atoms with Gasteiger partial charge in [0.1, 0.15) is 0 Å². The molecule has 52 heavy (non-hydrogen) atoms. The lowest BCUT2D eigenvalue weighted by Gasteiger charge is -2.19. The van der Waals surface area contributed by atoms with Crippen LogP contribution in [0.1, 0.15) is 0 Å². The van der Waals surface area contributed by atoms with Crippen LogP contribution in [0.2, 0.25) is 0 Å². The lowest BCUT2D eigenvalue weighted by molar-refractivity contribution is 1.62. The number of benzene rings is 12. The monoisotopic (exact) mass is 654 g/mol. The molecule has 12 aromatic carbocycles. The van der Waals surface area contributed by atoms with Gasteiger partial charge in [-0.2, -0.15) is 0 Å². The maximum absolute atomic E-state index is 2.44. The summed E-state index contributed by atoms with van der Waals surface area (Å²) in [5, 5.41) is 20.8. The average Bonchev–Trinajstić information content (AvgIpc) is 3.20. The maximum atomic E-state index is 2.44. The van der Waals surface area contributed by atoms with Crippen LogP contribution in [-0.4, -0.2) is 0 Å². The zero-order valence-corrected chi connectivity index (χ0v) is 28.3. The third kappa shape index (κ3) is 3.87. The molecule has 0 nitrogen and oxygen atoms in total. The molecule has 0 aromatic heterocycles. The molecule has 0 heteroatoms. The Morgan fingerprint density at radius 1 is 0.212 bits per heavy atom. The van der Waals surface area contributed by atoms with Gasteiger partial charge in [-0.05, 0) is 144 Å². The van der Waals surface area contributed by atoms with Gasteiger partial charge in [0.05, 0.1) is 0 Å². The van der Waals surface area contributed by atoms with Gasteiger partial charge in [0.15, 0.2) is 0 Å². The van der Waals surface area contributed by atoms with Crippen LogP contribution in [0.25, 0.3) is 120 Å². The molecule has 0 heterocycles. The summed E-state index contributed by atoms with van der Waals surface area (Å²) in [5.74, 6) is 0. The van der Waals surface area contributed by atoms with E-state index in [0.717, 1.165) is 0 Å².